The summed E-state index contributed by atoms with van der Waals surface area (Å²) < 4.78 is 40.6. The van der Waals surface area contributed by atoms with Crippen molar-refractivity contribution in [3.63, 3.8) is 0 Å². The summed E-state index contributed by atoms with van der Waals surface area (Å²) in [5.74, 6) is 0.576. The van der Waals surface area contributed by atoms with E-state index in [1.807, 2.05) is 24.4 Å². The van der Waals surface area contributed by atoms with Crippen LogP contribution in [0.3, 0.4) is 0 Å². The monoisotopic (exact) mass is 566 g/mol. The largest absolute Gasteiger partial charge is 0.491 e. The number of benzene rings is 2. The third kappa shape index (κ3) is 6.19. The Balaban J connectivity index is 1.59. The normalized spacial score (nSPS) is 11.7. The predicted molar refractivity (Wildman–Crippen MR) is 144 cm³/mol. The predicted octanol–water partition coefficient (Wildman–Crippen LogP) is 5.63. The molecule has 0 bridgehead atoms. The highest BCUT2D eigenvalue weighted by Crippen LogP contribution is 2.31. The van der Waals surface area contributed by atoms with Gasteiger partial charge in [-0.25, -0.2) is 13.4 Å². The van der Waals surface area contributed by atoms with Crippen LogP contribution >= 0.6 is 34.5 Å². The van der Waals surface area contributed by atoms with Crippen LogP contribution in [0.2, 0.25) is 10.0 Å². The van der Waals surface area contributed by atoms with E-state index in [4.69, 9.17) is 32.7 Å². The van der Waals surface area contributed by atoms with E-state index in [1.165, 1.54) is 17.4 Å². The van der Waals surface area contributed by atoms with Crippen molar-refractivity contribution in [1.29, 1.82) is 0 Å². The average Bonchev–Trinajstić information content (AvgIpc) is 3.27. The van der Waals surface area contributed by atoms with Gasteiger partial charge in [0.1, 0.15) is 29.3 Å². The van der Waals surface area contributed by atoms with Crippen molar-refractivity contribution >= 4 is 60.7 Å². The van der Waals surface area contributed by atoms with Gasteiger partial charge in [-0.3, -0.25) is 4.72 Å². The maximum atomic E-state index is 13.2. The zero-order chi connectivity index (χ0) is 25.9. The Labute approximate surface area is 223 Å². The summed E-state index contributed by atoms with van der Waals surface area (Å²) >= 11 is 13.8. The van der Waals surface area contributed by atoms with Crippen molar-refractivity contribution in [3.8, 4) is 11.6 Å². The molecule has 0 aliphatic rings. The molecule has 0 amide bonds. The fourth-order valence-electron chi connectivity index (χ4n) is 3.24. The Morgan fingerprint density at radius 1 is 1.06 bits per heavy atom. The van der Waals surface area contributed by atoms with Crippen LogP contribution in [0.15, 0.2) is 52.7 Å². The first kappa shape index (κ1) is 26.4. The molecule has 0 saturated heterocycles. The van der Waals surface area contributed by atoms with Crippen molar-refractivity contribution in [3.05, 3.63) is 69.0 Å². The molecule has 2 heterocycles. The number of sulfonamides is 1. The molecule has 4 rings (SSSR count). The summed E-state index contributed by atoms with van der Waals surface area (Å²) in [5.41, 5.74) is 1.75. The molecule has 2 aromatic heterocycles. The van der Waals surface area contributed by atoms with Crippen molar-refractivity contribution in [2.24, 2.45) is 0 Å². The Morgan fingerprint density at radius 2 is 1.86 bits per heavy atom. The molecule has 190 valence electrons. The van der Waals surface area contributed by atoms with Crippen LogP contribution in [-0.4, -0.2) is 50.5 Å². The molecule has 0 saturated carbocycles. The summed E-state index contributed by atoms with van der Waals surface area (Å²) in [4.78, 5) is 11.6. The van der Waals surface area contributed by atoms with Gasteiger partial charge in [0.2, 0.25) is 5.82 Å². The molecule has 0 aliphatic carbocycles. The van der Waals surface area contributed by atoms with Crippen LogP contribution in [0.25, 0.3) is 10.3 Å². The Morgan fingerprint density at radius 3 is 2.64 bits per heavy atom. The van der Waals surface area contributed by atoms with Crippen molar-refractivity contribution in [2.75, 3.05) is 32.0 Å². The second-order valence-electron chi connectivity index (χ2n) is 8.16. The highest BCUT2D eigenvalue weighted by Gasteiger charge is 2.22. The average molecular weight is 568 g/mol. The van der Waals surface area contributed by atoms with Crippen molar-refractivity contribution in [2.45, 2.75) is 18.4 Å². The van der Waals surface area contributed by atoms with Gasteiger partial charge < -0.3 is 14.4 Å². The van der Waals surface area contributed by atoms with E-state index >= 15 is 0 Å². The third-order valence-electron chi connectivity index (χ3n) is 5.17. The van der Waals surface area contributed by atoms with E-state index in [1.54, 1.807) is 43.3 Å². The smallest absolute Gasteiger partial charge is 0.263 e. The number of nitrogens with zero attached hydrogens (tertiary/aromatic N) is 3. The first-order valence-electron chi connectivity index (χ1n) is 10.9. The number of hydrogen-bond acceptors (Lipinski definition) is 8. The molecule has 4 aromatic rings. The zero-order valence-corrected chi connectivity index (χ0v) is 22.9. The summed E-state index contributed by atoms with van der Waals surface area (Å²) in [6, 6.07) is 11.8. The minimum Gasteiger partial charge on any atom is -0.491 e. The lowest BCUT2D eigenvalue weighted by molar-refractivity contribution is 0.259. The van der Waals surface area contributed by atoms with Crippen molar-refractivity contribution < 1.29 is 17.9 Å². The van der Waals surface area contributed by atoms with Gasteiger partial charge >= 0.3 is 0 Å². The van der Waals surface area contributed by atoms with Gasteiger partial charge in [0.15, 0.2) is 0 Å². The highest BCUT2D eigenvalue weighted by atomic mass is 35.5. The van der Waals surface area contributed by atoms with Gasteiger partial charge in [0, 0.05) is 11.6 Å². The fraction of sp³-hybridized carbons (Fsp3) is 0.250. The highest BCUT2D eigenvalue weighted by molar-refractivity contribution is 7.92. The van der Waals surface area contributed by atoms with Gasteiger partial charge in [-0.15, -0.1) is 11.3 Å². The maximum absolute atomic E-state index is 13.2. The molecule has 0 spiro atoms. The van der Waals surface area contributed by atoms with Crippen LogP contribution in [-0.2, 0) is 16.6 Å². The number of thiophene rings is 1. The second-order valence-corrected chi connectivity index (χ2v) is 11.5. The number of hydrogen-bond donors (Lipinski definition) is 1. The van der Waals surface area contributed by atoms with E-state index in [2.05, 4.69) is 14.7 Å². The molecular weight excluding hydrogens is 543 g/mol. The Hall–Kier alpha value is -2.63. The van der Waals surface area contributed by atoms with E-state index in [0.29, 0.717) is 38.3 Å². The topological polar surface area (TPSA) is 93.7 Å². The molecule has 36 heavy (non-hydrogen) atoms. The van der Waals surface area contributed by atoms with E-state index in [-0.39, 0.29) is 23.2 Å². The van der Waals surface area contributed by atoms with Crippen LogP contribution in [0.4, 0.5) is 5.82 Å². The van der Waals surface area contributed by atoms with Crippen LogP contribution < -0.4 is 14.2 Å². The number of likely N-dealkylation sites (N-methyl/N-ethyl adjacent to an activating group) is 1. The number of fused-ring (bicyclic) bond motifs is 1. The third-order valence-corrected chi connectivity index (χ3v) is 8.17. The molecule has 0 aliphatic heterocycles. The zero-order valence-electron chi connectivity index (χ0n) is 19.8. The number of rotatable bonds is 10. The molecular formula is C24H24Cl2N4O4S2. The summed E-state index contributed by atoms with van der Waals surface area (Å²) in [5, 5.41) is 2.66. The van der Waals surface area contributed by atoms with E-state index in [0.717, 1.165) is 12.1 Å². The molecule has 12 heteroatoms. The number of aromatic nitrogens is 2. The number of nitrogens with one attached hydrogen (secondary N) is 1. The lowest BCUT2D eigenvalue weighted by Crippen LogP contribution is -2.19. The fourth-order valence-corrected chi connectivity index (χ4v) is 5.61. The lowest BCUT2D eigenvalue weighted by atomic mass is 10.2. The Bertz CT molecular complexity index is 1490. The van der Waals surface area contributed by atoms with Gasteiger partial charge in [0.05, 0.1) is 9.92 Å². The molecule has 0 unspecified atom stereocenters. The summed E-state index contributed by atoms with van der Waals surface area (Å²) in [6.45, 7) is 2.95. The van der Waals surface area contributed by atoms with Crippen LogP contribution in [0.1, 0.15) is 11.1 Å². The molecule has 0 fully saturated rings. The number of anilines is 1. The van der Waals surface area contributed by atoms with Crippen molar-refractivity contribution in [1.82, 2.24) is 14.9 Å². The molecule has 0 atom stereocenters. The van der Waals surface area contributed by atoms with E-state index in [9.17, 15) is 8.42 Å². The molecule has 8 nitrogen and oxygen atoms in total. The molecule has 2 aromatic carbocycles. The number of ether oxygens (including phenoxy) is 2. The molecule has 1 N–H and O–H groups in total. The summed E-state index contributed by atoms with van der Waals surface area (Å²) in [7, 11) is -0.0913. The molecule has 0 radical (unpaired) electrons. The van der Waals surface area contributed by atoms with E-state index < -0.39 is 10.0 Å². The number of halogens is 2. The minimum atomic E-state index is -4.01. The first-order valence-corrected chi connectivity index (χ1v) is 14.0. The second kappa shape index (κ2) is 11.2. The van der Waals surface area contributed by atoms with Gasteiger partial charge in [0.25, 0.3) is 15.9 Å². The van der Waals surface area contributed by atoms with Gasteiger partial charge in [-0.2, -0.15) is 4.98 Å². The maximum Gasteiger partial charge on any atom is 0.263 e. The SMILES string of the molecule is Cc1c(Cl)cccc1S(=O)(=O)Nc1nc2ccsc2nc1OCc1ccc(Cl)c(OCCN(C)C)c1. The standard InChI is InChI=1S/C24H24Cl2N4O4S2/c1-15-17(25)5-4-6-21(15)36(31,32)29-22-23(28-24-19(27-22)9-12-35-24)34-14-16-7-8-18(26)20(13-16)33-11-10-30(2)3/h4-9,12-13H,10-11,14H2,1-3H3,(H,27,29). The first-order chi connectivity index (χ1) is 17.1. The quantitative estimate of drug-likeness (QED) is 0.266. The van der Waals surface area contributed by atoms with Gasteiger partial charge in [-0.1, -0.05) is 35.3 Å². The lowest BCUT2D eigenvalue weighted by Gasteiger charge is -2.15. The van der Waals surface area contributed by atoms with Gasteiger partial charge in [-0.05, 0) is 67.9 Å². The Kier molecular flexibility index (Phi) is 8.21. The summed E-state index contributed by atoms with van der Waals surface area (Å²) in [6.07, 6.45) is 0. The van der Waals surface area contributed by atoms with Crippen LogP contribution in [0.5, 0.6) is 11.6 Å². The van der Waals surface area contributed by atoms with Crippen LogP contribution in [0, 0.1) is 6.92 Å². The minimum absolute atomic E-state index is 0.0169.